The molecular formula is C15H22O. The van der Waals surface area contributed by atoms with Crippen LogP contribution in [0.3, 0.4) is 0 Å². The van der Waals surface area contributed by atoms with E-state index in [0.717, 1.165) is 19.3 Å². The molecule has 0 aromatic rings. The zero-order valence-electron chi connectivity index (χ0n) is 10.6. The molecule has 0 aliphatic heterocycles. The molecule has 1 heteroatoms. The van der Waals surface area contributed by atoms with E-state index in [2.05, 4.69) is 32.6 Å². The number of Topliss-reactive ketones (excluding diaryl/α,β-unsaturated/α-hetero) is 1. The Morgan fingerprint density at radius 3 is 2.75 bits per heavy atom. The fourth-order valence-electron chi connectivity index (χ4n) is 3.29. The van der Waals surface area contributed by atoms with Crippen molar-refractivity contribution in [1.82, 2.24) is 0 Å². The van der Waals surface area contributed by atoms with Gasteiger partial charge in [-0.15, -0.1) is 0 Å². The second kappa shape index (κ2) is 3.87. The maximum atomic E-state index is 12.4. The Kier molecular flexibility index (Phi) is 2.81. The smallest absolute Gasteiger partial charge is 0.143 e. The highest BCUT2D eigenvalue weighted by Crippen LogP contribution is 2.55. The van der Waals surface area contributed by atoms with Crippen molar-refractivity contribution >= 4 is 5.78 Å². The van der Waals surface area contributed by atoms with E-state index < -0.39 is 0 Å². The second-order valence-electron chi connectivity index (χ2n) is 6.09. The minimum Gasteiger partial charge on any atom is -0.299 e. The van der Waals surface area contributed by atoms with E-state index in [-0.39, 0.29) is 17.3 Å². The van der Waals surface area contributed by atoms with Crippen LogP contribution in [-0.2, 0) is 4.79 Å². The maximum Gasteiger partial charge on any atom is 0.143 e. The normalized spacial score (nSPS) is 40.1. The van der Waals surface area contributed by atoms with Gasteiger partial charge in [0, 0.05) is 11.8 Å². The third-order valence-corrected chi connectivity index (χ3v) is 4.33. The molecule has 0 aromatic carbocycles. The third kappa shape index (κ3) is 1.77. The minimum absolute atomic E-state index is 0.0815. The Balaban J connectivity index is 2.28. The Bertz CT molecular complexity index is 348. The van der Waals surface area contributed by atoms with Crippen molar-refractivity contribution < 1.29 is 4.79 Å². The molecule has 2 rings (SSSR count). The average Bonchev–Trinajstić information content (AvgIpc) is 2.22. The quantitative estimate of drug-likeness (QED) is 0.566. The molecule has 2 aliphatic carbocycles. The first kappa shape index (κ1) is 11.6. The average molecular weight is 218 g/mol. The highest BCUT2D eigenvalue weighted by molar-refractivity contribution is 5.87. The number of carbonyl (C=O) groups is 1. The number of rotatable bonds is 0. The summed E-state index contributed by atoms with van der Waals surface area (Å²) in [5.41, 5.74) is 1.47. The fourth-order valence-corrected chi connectivity index (χ4v) is 3.29. The predicted molar refractivity (Wildman–Crippen MR) is 67.1 cm³/mol. The highest BCUT2D eigenvalue weighted by Gasteiger charge is 2.52. The summed E-state index contributed by atoms with van der Waals surface area (Å²) < 4.78 is 0. The molecule has 3 atom stereocenters. The molecule has 0 saturated heterocycles. The Morgan fingerprint density at radius 2 is 2.12 bits per heavy atom. The number of hydrogen-bond donors (Lipinski definition) is 0. The summed E-state index contributed by atoms with van der Waals surface area (Å²) in [4.78, 5) is 12.4. The highest BCUT2D eigenvalue weighted by atomic mass is 16.1. The molecule has 16 heavy (non-hydrogen) atoms. The number of carbonyl (C=O) groups excluding carboxylic acids is 1. The minimum atomic E-state index is 0.0815. The lowest BCUT2D eigenvalue weighted by atomic mass is 9.51. The first-order chi connectivity index (χ1) is 7.43. The molecule has 1 nitrogen and oxygen atoms in total. The van der Waals surface area contributed by atoms with Crippen molar-refractivity contribution in [1.29, 1.82) is 0 Å². The molecule has 0 N–H and O–H groups in total. The van der Waals surface area contributed by atoms with Crippen LogP contribution in [0.1, 0.15) is 40.0 Å². The number of hydrogen-bond acceptors (Lipinski definition) is 1. The first-order valence-corrected chi connectivity index (χ1v) is 6.31. The topological polar surface area (TPSA) is 17.1 Å². The lowest BCUT2D eigenvalue weighted by Gasteiger charge is -2.52. The molecule has 0 bridgehead atoms. The van der Waals surface area contributed by atoms with Crippen LogP contribution in [0, 0.1) is 23.2 Å². The van der Waals surface area contributed by atoms with Gasteiger partial charge in [-0.1, -0.05) is 45.1 Å². The number of fused-ring (bicyclic) bond motifs is 1. The molecular weight excluding hydrogens is 196 g/mol. The Hall–Kier alpha value is -0.850. The molecule has 0 heterocycles. The Labute approximate surface area is 98.6 Å². The van der Waals surface area contributed by atoms with E-state index in [1.807, 2.05) is 6.92 Å². The van der Waals surface area contributed by atoms with Crippen molar-refractivity contribution in [2.75, 3.05) is 0 Å². The van der Waals surface area contributed by atoms with Gasteiger partial charge in [-0.3, -0.25) is 4.79 Å². The maximum absolute atomic E-state index is 12.4. The van der Waals surface area contributed by atoms with E-state index in [4.69, 9.17) is 0 Å². The molecule has 2 aliphatic rings. The standard InChI is InChI=1S/C15H22O/c1-10-7-5-6-8-11(2)14(16)13-12(10)9-15(13,3)4/h6,8,11-13H,1,5,7,9H2,2-4H3/b8-6-/t11-,12-,13+/m1/s1. The Morgan fingerprint density at radius 1 is 1.44 bits per heavy atom. The van der Waals surface area contributed by atoms with Gasteiger partial charge < -0.3 is 0 Å². The van der Waals surface area contributed by atoms with E-state index in [0.29, 0.717) is 11.7 Å². The molecule has 0 aromatic heterocycles. The molecule has 1 saturated carbocycles. The van der Waals surface area contributed by atoms with E-state index in [1.54, 1.807) is 0 Å². The molecule has 0 radical (unpaired) electrons. The summed E-state index contributed by atoms with van der Waals surface area (Å²) in [6, 6.07) is 0. The lowest BCUT2D eigenvalue weighted by molar-refractivity contribution is -0.138. The number of ketones is 1. The summed E-state index contributed by atoms with van der Waals surface area (Å²) in [6.07, 6.45) is 7.45. The molecule has 1 fully saturated rings. The van der Waals surface area contributed by atoms with Gasteiger partial charge in [0.2, 0.25) is 0 Å². The zero-order valence-corrected chi connectivity index (χ0v) is 10.6. The summed E-state index contributed by atoms with van der Waals surface area (Å²) in [6.45, 7) is 10.6. The molecule has 0 unspecified atom stereocenters. The van der Waals surface area contributed by atoms with Crippen LogP contribution < -0.4 is 0 Å². The lowest BCUT2D eigenvalue weighted by Crippen LogP contribution is -2.50. The van der Waals surface area contributed by atoms with Gasteiger partial charge >= 0.3 is 0 Å². The summed E-state index contributed by atoms with van der Waals surface area (Å²) >= 11 is 0. The van der Waals surface area contributed by atoms with Crippen LogP contribution in [0.4, 0.5) is 0 Å². The summed E-state index contributed by atoms with van der Waals surface area (Å²) in [5.74, 6) is 1.15. The van der Waals surface area contributed by atoms with Gasteiger partial charge in [-0.25, -0.2) is 0 Å². The monoisotopic (exact) mass is 218 g/mol. The molecule has 0 spiro atoms. The zero-order chi connectivity index (χ0) is 11.9. The van der Waals surface area contributed by atoms with Gasteiger partial charge in [0.15, 0.2) is 0 Å². The van der Waals surface area contributed by atoms with Gasteiger partial charge in [0.25, 0.3) is 0 Å². The van der Waals surface area contributed by atoms with Gasteiger partial charge in [-0.05, 0) is 30.6 Å². The SMILES string of the molecule is C=C1CC/C=C\[C@@H](C)C(=O)[C@@H]2[C@@H]1CC2(C)C. The molecule has 88 valence electrons. The van der Waals surface area contributed by atoms with Crippen LogP contribution in [0.15, 0.2) is 24.3 Å². The van der Waals surface area contributed by atoms with Crippen LogP contribution in [0.25, 0.3) is 0 Å². The van der Waals surface area contributed by atoms with E-state index in [1.165, 1.54) is 5.57 Å². The van der Waals surface area contributed by atoms with Crippen molar-refractivity contribution in [3.8, 4) is 0 Å². The summed E-state index contributed by atoms with van der Waals surface area (Å²) in [5, 5.41) is 0. The second-order valence-corrected chi connectivity index (χ2v) is 6.09. The van der Waals surface area contributed by atoms with Crippen LogP contribution in [0.2, 0.25) is 0 Å². The van der Waals surface area contributed by atoms with Crippen molar-refractivity contribution in [2.24, 2.45) is 23.2 Å². The first-order valence-electron chi connectivity index (χ1n) is 6.31. The third-order valence-electron chi connectivity index (χ3n) is 4.33. The van der Waals surface area contributed by atoms with Gasteiger partial charge in [-0.2, -0.15) is 0 Å². The van der Waals surface area contributed by atoms with E-state index >= 15 is 0 Å². The predicted octanol–water partition coefficient (Wildman–Crippen LogP) is 3.76. The van der Waals surface area contributed by atoms with Crippen molar-refractivity contribution in [3.63, 3.8) is 0 Å². The fraction of sp³-hybridized carbons (Fsp3) is 0.667. The number of allylic oxidation sites excluding steroid dienone is 3. The largest absolute Gasteiger partial charge is 0.299 e. The van der Waals surface area contributed by atoms with Gasteiger partial charge in [0.05, 0.1) is 0 Å². The van der Waals surface area contributed by atoms with Crippen molar-refractivity contribution in [3.05, 3.63) is 24.3 Å². The van der Waals surface area contributed by atoms with E-state index in [9.17, 15) is 4.79 Å². The van der Waals surface area contributed by atoms with Crippen LogP contribution in [-0.4, -0.2) is 5.78 Å². The van der Waals surface area contributed by atoms with Crippen LogP contribution in [0.5, 0.6) is 0 Å². The summed E-state index contributed by atoms with van der Waals surface area (Å²) in [7, 11) is 0. The molecule has 0 amide bonds. The van der Waals surface area contributed by atoms with Crippen molar-refractivity contribution in [2.45, 2.75) is 40.0 Å². The van der Waals surface area contributed by atoms with Gasteiger partial charge in [0.1, 0.15) is 5.78 Å². The van der Waals surface area contributed by atoms with Crippen LogP contribution >= 0.6 is 0 Å².